The zero-order valence-electron chi connectivity index (χ0n) is 12.4. The molecule has 0 radical (unpaired) electrons. The van der Waals surface area contributed by atoms with E-state index in [9.17, 15) is 13.0 Å². The van der Waals surface area contributed by atoms with E-state index >= 15 is 0 Å². The van der Waals surface area contributed by atoms with Crippen LogP contribution in [0.25, 0.3) is 0 Å². The van der Waals surface area contributed by atoms with Gasteiger partial charge in [-0.25, -0.2) is 0 Å². The van der Waals surface area contributed by atoms with Crippen LogP contribution in [0.15, 0.2) is 55.4 Å². The van der Waals surface area contributed by atoms with Crippen molar-refractivity contribution < 1.29 is 13.0 Å². The largest absolute Gasteiger partial charge is 0.397 e. The van der Waals surface area contributed by atoms with Crippen molar-refractivity contribution in [1.82, 2.24) is 0 Å². The predicted octanol–water partition coefficient (Wildman–Crippen LogP) is 3.18. The predicted molar refractivity (Wildman–Crippen MR) is 94.1 cm³/mol. The number of rotatable bonds is 5. The number of hydrogen-bond donors (Lipinski definition) is 3. The van der Waals surface area contributed by atoms with Crippen LogP contribution in [0.3, 0.4) is 0 Å². The van der Waals surface area contributed by atoms with Crippen LogP contribution in [0.5, 0.6) is 0 Å². The number of benzene rings is 2. The fourth-order valence-corrected chi connectivity index (χ4v) is 2.48. The summed E-state index contributed by atoms with van der Waals surface area (Å²) in [6.07, 6.45) is 0. The van der Waals surface area contributed by atoms with Gasteiger partial charge in [-0.1, -0.05) is 0 Å². The van der Waals surface area contributed by atoms with Crippen LogP contribution >= 0.6 is 0 Å². The number of anilines is 2. The highest BCUT2D eigenvalue weighted by atomic mass is 32.2. The number of nitrogen functional groups attached to an aromatic ring is 2. The molecule has 0 unspecified atom stereocenters. The van der Waals surface area contributed by atoms with Crippen molar-refractivity contribution >= 4 is 57.7 Å². The van der Waals surface area contributed by atoms with Gasteiger partial charge in [0.15, 0.2) is 0 Å². The number of hydrogen-bond acceptors (Lipinski definition) is 8. The summed E-state index contributed by atoms with van der Waals surface area (Å²) in [6.45, 7) is 6.67. The van der Waals surface area contributed by atoms with Crippen LogP contribution in [-0.2, 0) is 10.1 Å². The van der Waals surface area contributed by atoms with E-state index < -0.39 is 15.0 Å². The summed E-state index contributed by atoms with van der Waals surface area (Å²) in [5.41, 5.74) is 12.8. The zero-order chi connectivity index (χ0) is 17.9. The van der Waals surface area contributed by atoms with Gasteiger partial charge in [0, 0.05) is 0 Å². The molecule has 0 atom stereocenters. The molecule has 124 valence electrons. The van der Waals surface area contributed by atoms with Gasteiger partial charge in [-0.3, -0.25) is 14.5 Å². The van der Waals surface area contributed by atoms with Gasteiger partial charge >= 0.3 is 0 Å². The first-order valence-electron chi connectivity index (χ1n) is 6.42. The van der Waals surface area contributed by atoms with Gasteiger partial charge < -0.3 is 11.5 Å². The maximum atomic E-state index is 11.5. The first-order chi connectivity index (χ1) is 11.3. The Bertz CT molecular complexity index is 953. The van der Waals surface area contributed by atoms with Crippen LogP contribution in [0.2, 0.25) is 0 Å². The van der Waals surface area contributed by atoms with Gasteiger partial charge in [0.1, 0.15) is 16.3 Å². The van der Waals surface area contributed by atoms with Crippen molar-refractivity contribution in [1.29, 1.82) is 0 Å². The van der Waals surface area contributed by atoms with Gasteiger partial charge in [-0.15, -0.1) is 10.2 Å². The van der Waals surface area contributed by atoms with Crippen molar-refractivity contribution in [3.63, 3.8) is 0 Å². The Morgan fingerprint density at radius 2 is 1.50 bits per heavy atom. The Morgan fingerprint density at radius 1 is 0.875 bits per heavy atom. The fraction of sp³-hybridized carbons (Fsp3) is 0. The summed E-state index contributed by atoms with van der Waals surface area (Å²) < 4.78 is 32.2. The van der Waals surface area contributed by atoms with Gasteiger partial charge in [0.25, 0.3) is 10.1 Å². The standard InChI is InChI=1S/C14H14N6O3S/c1-17-8-3-4-11(14(5-8)24(21,22)23)19-20-13-7-12(18-2)9(15)6-10(13)16/h3-7H,1-2,15-16H2,(H,21,22,23). The van der Waals surface area contributed by atoms with E-state index in [1.54, 1.807) is 0 Å². The second-order valence-electron chi connectivity index (χ2n) is 4.61. The maximum Gasteiger partial charge on any atom is 0.296 e. The summed E-state index contributed by atoms with van der Waals surface area (Å²) in [4.78, 5) is 6.87. The zero-order valence-corrected chi connectivity index (χ0v) is 13.2. The molecular formula is C14H14N6O3S. The monoisotopic (exact) mass is 346 g/mol. The molecule has 9 nitrogen and oxygen atoms in total. The molecule has 5 N–H and O–H groups in total. The second-order valence-corrected chi connectivity index (χ2v) is 6.00. The van der Waals surface area contributed by atoms with E-state index in [1.807, 2.05) is 0 Å². The Kier molecular flexibility index (Phi) is 4.71. The molecule has 0 aromatic heterocycles. The van der Waals surface area contributed by atoms with Crippen molar-refractivity contribution in [2.75, 3.05) is 11.5 Å². The van der Waals surface area contributed by atoms with E-state index in [4.69, 9.17) is 11.5 Å². The minimum Gasteiger partial charge on any atom is -0.397 e. The third-order valence-corrected chi connectivity index (χ3v) is 3.90. The first kappa shape index (κ1) is 17.2. The van der Waals surface area contributed by atoms with Crippen molar-refractivity contribution in [2.45, 2.75) is 4.90 Å². The molecular weight excluding hydrogens is 332 g/mol. The molecule has 0 heterocycles. The van der Waals surface area contributed by atoms with Crippen LogP contribution in [-0.4, -0.2) is 26.4 Å². The fourth-order valence-electron chi connectivity index (χ4n) is 1.83. The topological polar surface area (TPSA) is 156 Å². The molecule has 0 saturated carbocycles. The average Bonchev–Trinajstić information content (AvgIpc) is 2.53. The molecule has 0 saturated heterocycles. The van der Waals surface area contributed by atoms with E-state index in [0.717, 1.165) is 6.07 Å². The van der Waals surface area contributed by atoms with Crippen LogP contribution < -0.4 is 11.5 Å². The highest BCUT2D eigenvalue weighted by Gasteiger charge is 2.16. The third kappa shape index (κ3) is 3.62. The van der Waals surface area contributed by atoms with Crippen molar-refractivity contribution in [2.24, 2.45) is 20.2 Å². The van der Waals surface area contributed by atoms with E-state index in [-0.39, 0.29) is 22.7 Å². The van der Waals surface area contributed by atoms with Crippen molar-refractivity contribution in [3.05, 3.63) is 30.3 Å². The highest BCUT2D eigenvalue weighted by molar-refractivity contribution is 7.86. The van der Waals surface area contributed by atoms with Crippen LogP contribution in [0, 0.1) is 0 Å². The molecule has 0 bridgehead atoms. The summed E-state index contributed by atoms with van der Waals surface area (Å²) in [6, 6.07) is 6.82. The lowest BCUT2D eigenvalue weighted by Gasteiger charge is -2.05. The van der Waals surface area contributed by atoms with Crippen molar-refractivity contribution in [3.8, 4) is 0 Å². The summed E-state index contributed by atoms with van der Waals surface area (Å²) >= 11 is 0. The lowest BCUT2D eigenvalue weighted by atomic mass is 10.2. The quantitative estimate of drug-likeness (QED) is 0.328. The minimum absolute atomic E-state index is 0.0887. The van der Waals surface area contributed by atoms with Gasteiger partial charge in [0.2, 0.25) is 0 Å². The molecule has 0 aliphatic carbocycles. The molecule has 2 rings (SSSR count). The molecule has 0 aliphatic heterocycles. The lowest BCUT2D eigenvalue weighted by molar-refractivity contribution is 0.483. The Morgan fingerprint density at radius 3 is 2.08 bits per heavy atom. The normalized spacial score (nSPS) is 11.5. The Labute approximate surface area is 138 Å². The summed E-state index contributed by atoms with van der Waals surface area (Å²) in [5, 5.41) is 7.72. The molecule has 10 heteroatoms. The van der Waals surface area contributed by atoms with E-state index in [0.29, 0.717) is 11.4 Å². The SMILES string of the molecule is C=Nc1ccc(N=Nc2cc(N=C)c(N)cc2N)c(S(=O)(=O)O)c1. The molecule has 0 aliphatic rings. The molecule has 2 aromatic rings. The minimum atomic E-state index is -4.52. The summed E-state index contributed by atoms with van der Waals surface area (Å²) in [5.74, 6) is 0. The van der Waals surface area contributed by atoms with Crippen LogP contribution in [0.1, 0.15) is 0 Å². The second kappa shape index (κ2) is 6.56. The number of azo groups is 1. The smallest absolute Gasteiger partial charge is 0.296 e. The van der Waals surface area contributed by atoms with Gasteiger partial charge in [-0.05, 0) is 43.8 Å². The molecule has 2 aromatic carbocycles. The first-order valence-corrected chi connectivity index (χ1v) is 7.86. The van der Waals surface area contributed by atoms with E-state index in [2.05, 4.69) is 33.6 Å². The maximum absolute atomic E-state index is 11.5. The lowest BCUT2D eigenvalue weighted by Crippen LogP contribution is -1.98. The molecule has 0 amide bonds. The van der Waals surface area contributed by atoms with Gasteiger partial charge in [-0.2, -0.15) is 8.42 Å². The van der Waals surface area contributed by atoms with Gasteiger partial charge in [0.05, 0.1) is 22.7 Å². The number of nitrogens with two attached hydrogens (primary N) is 2. The molecule has 0 spiro atoms. The Balaban J connectivity index is 2.54. The highest BCUT2D eigenvalue weighted by Crippen LogP contribution is 2.35. The van der Waals surface area contributed by atoms with E-state index in [1.165, 1.54) is 24.3 Å². The molecule has 24 heavy (non-hydrogen) atoms. The third-order valence-electron chi connectivity index (χ3n) is 3.02. The number of aliphatic imine (C=N–C) groups is 2. The van der Waals surface area contributed by atoms with Crippen LogP contribution in [0.4, 0.5) is 34.1 Å². The Hall–Kier alpha value is -3.11. The average molecular weight is 346 g/mol. The summed E-state index contributed by atoms with van der Waals surface area (Å²) in [7, 11) is -4.52. The number of nitrogens with zero attached hydrogens (tertiary/aromatic N) is 4. The molecule has 0 fully saturated rings.